The Morgan fingerprint density at radius 3 is 2.48 bits per heavy atom. The summed E-state index contributed by atoms with van der Waals surface area (Å²) in [6.07, 6.45) is 2.73. The Labute approximate surface area is 197 Å². The van der Waals surface area contributed by atoms with Crippen LogP contribution in [0.4, 0.5) is 9.80 Å². The molecular formula is C23H28N2O6S2. The zero-order valence-corrected chi connectivity index (χ0v) is 20.4. The van der Waals surface area contributed by atoms with Crippen molar-refractivity contribution in [1.29, 1.82) is 0 Å². The van der Waals surface area contributed by atoms with Crippen LogP contribution < -0.4 is 10.6 Å². The number of alkyl carbamates (subject to hydrolysis) is 1. The van der Waals surface area contributed by atoms with E-state index in [1.807, 2.05) is 6.92 Å². The lowest BCUT2D eigenvalue weighted by molar-refractivity contribution is -0.116. The lowest BCUT2D eigenvalue weighted by Gasteiger charge is -2.13. The molecule has 10 heteroatoms. The fourth-order valence-electron chi connectivity index (χ4n) is 3.69. The zero-order chi connectivity index (χ0) is 24.0. The van der Waals surface area contributed by atoms with E-state index in [2.05, 4.69) is 10.6 Å². The monoisotopic (exact) mass is 492 g/mol. The third-order valence-corrected chi connectivity index (χ3v) is 8.36. The van der Waals surface area contributed by atoms with Crippen molar-refractivity contribution in [3.05, 3.63) is 45.8 Å². The van der Waals surface area contributed by atoms with Crippen LogP contribution in [0.2, 0.25) is 0 Å². The van der Waals surface area contributed by atoms with E-state index in [0.29, 0.717) is 17.0 Å². The van der Waals surface area contributed by atoms with Gasteiger partial charge in [-0.1, -0.05) is 17.7 Å². The molecular weight excluding hydrogens is 464 g/mol. The van der Waals surface area contributed by atoms with Crippen LogP contribution in [0.3, 0.4) is 0 Å². The van der Waals surface area contributed by atoms with E-state index in [-0.39, 0.29) is 36.0 Å². The SMILES string of the molecule is CCOC(=O)NC(=O)c1c(NC(=O)CCCS(=O)(=O)c2ccc(C)cc2)sc2c1CCCC2. The molecule has 3 amide bonds. The van der Waals surface area contributed by atoms with Gasteiger partial charge in [-0.25, -0.2) is 13.2 Å². The lowest BCUT2D eigenvalue weighted by Crippen LogP contribution is -2.32. The topological polar surface area (TPSA) is 119 Å². The van der Waals surface area contributed by atoms with Crippen LogP contribution in [-0.4, -0.2) is 38.7 Å². The first-order valence-electron chi connectivity index (χ1n) is 10.9. The number of carbonyl (C=O) groups excluding carboxylic acids is 3. The van der Waals surface area contributed by atoms with E-state index >= 15 is 0 Å². The van der Waals surface area contributed by atoms with Crippen LogP contribution in [0.1, 0.15) is 59.0 Å². The fraction of sp³-hybridized carbons (Fsp3) is 0.435. The molecule has 0 unspecified atom stereocenters. The van der Waals surface area contributed by atoms with Crippen LogP contribution in [0, 0.1) is 6.92 Å². The number of sulfone groups is 1. The quantitative estimate of drug-likeness (QED) is 0.575. The molecule has 2 aromatic rings. The maximum atomic E-state index is 12.8. The molecule has 0 radical (unpaired) electrons. The van der Waals surface area contributed by atoms with Crippen LogP contribution in [0.15, 0.2) is 29.2 Å². The Balaban J connectivity index is 1.66. The van der Waals surface area contributed by atoms with Gasteiger partial charge in [-0.05, 0) is 63.6 Å². The summed E-state index contributed by atoms with van der Waals surface area (Å²) in [7, 11) is -3.48. The Kier molecular flexibility index (Phi) is 8.25. The number of imide groups is 1. The van der Waals surface area contributed by atoms with Gasteiger partial charge in [0.1, 0.15) is 5.00 Å². The summed E-state index contributed by atoms with van der Waals surface area (Å²) >= 11 is 1.33. The number of anilines is 1. The van der Waals surface area contributed by atoms with Gasteiger partial charge in [0.05, 0.1) is 22.8 Å². The maximum Gasteiger partial charge on any atom is 0.414 e. The van der Waals surface area contributed by atoms with E-state index in [9.17, 15) is 22.8 Å². The molecule has 0 fully saturated rings. The molecule has 33 heavy (non-hydrogen) atoms. The van der Waals surface area contributed by atoms with Gasteiger partial charge in [-0.15, -0.1) is 11.3 Å². The van der Waals surface area contributed by atoms with Crippen molar-refractivity contribution in [2.45, 2.75) is 57.3 Å². The van der Waals surface area contributed by atoms with Crippen molar-refractivity contribution in [3.63, 3.8) is 0 Å². The highest BCUT2D eigenvalue weighted by Crippen LogP contribution is 2.38. The maximum absolute atomic E-state index is 12.8. The first-order chi connectivity index (χ1) is 15.7. The van der Waals surface area contributed by atoms with E-state index < -0.39 is 21.8 Å². The number of nitrogens with one attached hydrogen (secondary N) is 2. The summed E-state index contributed by atoms with van der Waals surface area (Å²) in [6.45, 7) is 3.65. The molecule has 0 atom stereocenters. The number of ether oxygens (including phenoxy) is 1. The van der Waals surface area contributed by atoms with Gasteiger partial charge in [0.2, 0.25) is 5.91 Å². The minimum atomic E-state index is -3.48. The van der Waals surface area contributed by atoms with Gasteiger partial charge in [0.25, 0.3) is 5.91 Å². The Morgan fingerprint density at radius 2 is 1.79 bits per heavy atom. The number of fused-ring (bicyclic) bond motifs is 1. The summed E-state index contributed by atoms with van der Waals surface area (Å²) in [6, 6.07) is 6.60. The molecule has 2 N–H and O–H groups in total. The fourth-order valence-corrected chi connectivity index (χ4v) is 6.31. The molecule has 0 saturated heterocycles. The van der Waals surface area contributed by atoms with E-state index in [4.69, 9.17) is 4.74 Å². The largest absolute Gasteiger partial charge is 0.450 e. The van der Waals surface area contributed by atoms with Crippen molar-refractivity contribution >= 4 is 44.1 Å². The first-order valence-corrected chi connectivity index (χ1v) is 13.4. The van der Waals surface area contributed by atoms with Gasteiger partial charge in [-0.3, -0.25) is 14.9 Å². The number of rotatable bonds is 8. The number of aryl methyl sites for hydroxylation is 2. The van der Waals surface area contributed by atoms with Gasteiger partial charge in [-0.2, -0.15) is 0 Å². The van der Waals surface area contributed by atoms with Crippen molar-refractivity contribution in [2.75, 3.05) is 17.7 Å². The van der Waals surface area contributed by atoms with Gasteiger partial charge in [0.15, 0.2) is 9.84 Å². The van der Waals surface area contributed by atoms with Crippen LogP contribution >= 0.6 is 11.3 Å². The highest BCUT2D eigenvalue weighted by molar-refractivity contribution is 7.91. The molecule has 0 saturated carbocycles. The third kappa shape index (κ3) is 6.42. The Bertz CT molecular complexity index is 1140. The normalized spacial score (nSPS) is 13.2. The molecule has 0 bridgehead atoms. The average molecular weight is 493 g/mol. The summed E-state index contributed by atoms with van der Waals surface area (Å²) in [5.41, 5.74) is 2.11. The molecule has 8 nitrogen and oxygen atoms in total. The minimum Gasteiger partial charge on any atom is -0.450 e. The molecule has 0 spiro atoms. The van der Waals surface area contributed by atoms with Gasteiger partial charge >= 0.3 is 6.09 Å². The molecule has 178 valence electrons. The number of carbonyl (C=O) groups is 3. The second-order valence-corrected chi connectivity index (χ2v) is 11.1. The Hall–Kier alpha value is -2.72. The Morgan fingerprint density at radius 1 is 1.09 bits per heavy atom. The standard InChI is InChI=1S/C23H28N2O6S2/c1-3-31-23(28)25-21(27)20-17-7-4-5-8-18(17)32-22(20)24-19(26)9-6-14-33(29,30)16-12-10-15(2)11-13-16/h10-13H,3-9,14H2,1-2H3,(H,24,26)(H,25,27,28). The molecule has 1 heterocycles. The van der Waals surface area contributed by atoms with Crippen molar-refractivity contribution in [3.8, 4) is 0 Å². The van der Waals surface area contributed by atoms with Crippen LogP contribution in [-0.2, 0) is 32.2 Å². The number of amides is 3. The molecule has 1 aromatic heterocycles. The number of hydrogen-bond donors (Lipinski definition) is 2. The summed E-state index contributed by atoms with van der Waals surface area (Å²) in [5.74, 6) is -1.14. The van der Waals surface area contributed by atoms with E-state index in [0.717, 1.165) is 35.3 Å². The molecule has 1 aliphatic rings. The van der Waals surface area contributed by atoms with E-state index in [1.165, 1.54) is 11.3 Å². The second kappa shape index (κ2) is 10.9. The van der Waals surface area contributed by atoms with Gasteiger partial charge < -0.3 is 10.1 Å². The highest BCUT2D eigenvalue weighted by Gasteiger charge is 2.27. The predicted octanol–water partition coefficient (Wildman–Crippen LogP) is 4.01. The lowest BCUT2D eigenvalue weighted by atomic mass is 9.95. The van der Waals surface area contributed by atoms with Crippen molar-refractivity contribution in [1.82, 2.24) is 5.32 Å². The third-order valence-electron chi connectivity index (χ3n) is 5.34. The number of hydrogen-bond acceptors (Lipinski definition) is 7. The summed E-state index contributed by atoms with van der Waals surface area (Å²) in [4.78, 5) is 38.3. The minimum absolute atomic E-state index is 0.00735. The van der Waals surface area contributed by atoms with Crippen LogP contribution in [0.5, 0.6) is 0 Å². The zero-order valence-electron chi connectivity index (χ0n) is 18.7. The molecule has 0 aliphatic heterocycles. The highest BCUT2D eigenvalue weighted by atomic mass is 32.2. The second-order valence-electron chi connectivity index (χ2n) is 7.87. The molecule has 3 rings (SSSR count). The first kappa shape index (κ1) is 24.9. The molecule has 1 aromatic carbocycles. The van der Waals surface area contributed by atoms with Crippen LogP contribution in [0.25, 0.3) is 0 Å². The van der Waals surface area contributed by atoms with E-state index in [1.54, 1.807) is 31.2 Å². The van der Waals surface area contributed by atoms with Crippen molar-refractivity contribution < 1.29 is 27.5 Å². The smallest absolute Gasteiger partial charge is 0.414 e. The summed E-state index contributed by atoms with van der Waals surface area (Å²) < 4.78 is 29.8. The average Bonchev–Trinajstić information content (AvgIpc) is 3.11. The molecule has 1 aliphatic carbocycles. The summed E-state index contributed by atoms with van der Waals surface area (Å²) in [5, 5.41) is 5.35. The number of benzene rings is 1. The van der Waals surface area contributed by atoms with Gasteiger partial charge in [0, 0.05) is 11.3 Å². The number of thiophene rings is 1. The van der Waals surface area contributed by atoms with Crippen molar-refractivity contribution in [2.24, 2.45) is 0 Å². The predicted molar refractivity (Wildman–Crippen MR) is 127 cm³/mol.